The van der Waals surface area contributed by atoms with E-state index in [0.717, 1.165) is 19.4 Å². The first kappa shape index (κ1) is 20.8. The number of carbonyl (C=O) groups excluding carboxylic acids is 1. The van der Waals surface area contributed by atoms with Gasteiger partial charge in [-0.15, -0.1) is 0 Å². The van der Waals surface area contributed by atoms with Crippen molar-refractivity contribution in [2.45, 2.75) is 25.0 Å². The number of carboxylic acid groups (broad SMARTS) is 1. The zero-order chi connectivity index (χ0) is 21.1. The number of ether oxygens (including phenoxy) is 1. The summed E-state index contributed by atoms with van der Waals surface area (Å²) in [6.07, 6.45) is 3.79. The number of hydrogen-bond acceptors (Lipinski definition) is 5. The fourth-order valence-corrected chi connectivity index (χ4v) is 4.30. The lowest BCUT2D eigenvalue weighted by atomic mass is 10.0. The SMILES string of the molecule is O=C(CN1CCN([C@@H](C(=O)O)c2c[nH]c3cc(F)ccc23)CC1)NC[C@H]1CCCO1. The van der Waals surface area contributed by atoms with Gasteiger partial charge < -0.3 is 20.1 Å². The number of hydrogen-bond donors (Lipinski definition) is 3. The molecule has 0 bridgehead atoms. The normalized spacial score (nSPS) is 21.7. The molecule has 0 spiro atoms. The van der Waals surface area contributed by atoms with Gasteiger partial charge in [-0.3, -0.25) is 19.4 Å². The number of nitrogens with one attached hydrogen (secondary N) is 2. The number of fused-ring (bicyclic) bond motifs is 1. The van der Waals surface area contributed by atoms with Crippen LogP contribution in [0.3, 0.4) is 0 Å². The third kappa shape index (κ3) is 4.63. The topological polar surface area (TPSA) is 97.9 Å². The molecular weight excluding hydrogens is 391 g/mol. The number of carboxylic acids is 1. The first-order valence-corrected chi connectivity index (χ1v) is 10.4. The van der Waals surface area contributed by atoms with Crippen LogP contribution in [0.25, 0.3) is 10.9 Å². The molecule has 2 fully saturated rings. The van der Waals surface area contributed by atoms with Crippen molar-refractivity contribution >= 4 is 22.8 Å². The van der Waals surface area contributed by atoms with Crippen molar-refractivity contribution in [1.82, 2.24) is 20.1 Å². The van der Waals surface area contributed by atoms with Crippen molar-refractivity contribution in [3.8, 4) is 0 Å². The molecule has 162 valence electrons. The summed E-state index contributed by atoms with van der Waals surface area (Å²) >= 11 is 0. The quantitative estimate of drug-likeness (QED) is 0.628. The van der Waals surface area contributed by atoms with Crippen LogP contribution in [-0.2, 0) is 14.3 Å². The Labute approximate surface area is 174 Å². The summed E-state index contributed by atoms with van der Waals surface area (Å²) < 4.78 is 19.0. The second kappa shape index (κ2) is 9.11. The monoisotopic (exact) mass is 418 g/mol. The van der Waals surface area contributed by atoms with Gasteiger partial charge in [-0.1, -0.05) is 0 Å². The second-order valence-electron chi connectivity index (χ2n) is 7.93. The zero-order valence-electron chi connectivity index (χ0n) is 16.8. The molecule has 0 unspecified atom stereocenters. The first-order chi connectivity index (χ1) is 14.5. The van der Waals surface area contributed by atoms with Gasteiger partial charge in [0.05, 0.1) is 12.6 Å². The van der Waals surface area contributed by atoms with E-state index in [0.29, 0.717) is 55.7 Å². The van der Waals surface area contributed by atoms with Gasteiger partial charge in [-0.05, 0) is 31.0 Å². The van der Waals surface area contributed by atoms with Crippen LogP contribution < -0.4 is 5.32 Å². The van der Waals surface area contributed by atoms with E-state index >= 15 is 0 Å². The van der Waals surface area contributed by atoms with Gasteiger partial charge in [0.1, 0.15) is 11.9 Å². The van der Waals surface area contributed by atoms with Gasteiger partial charge in [-0.25, -0.2) is 4.39 Å². The van der Waals surface area contributed by atoms with Crippen LogP contribution in [-0.4, -0.2) is 83.7 Å². The molecule has 4 rings (SSSR count). The summed E-state index contributed by atoms with van der Waals surface area (Å²) in [6, 6.07) is 3.50. The Balaban J connectivity index is 1.34. The number of carbonyl (C=O) groups is 2. The van der Waals surface area contributed by atoms with E-state index in [1.165, 1.54) is 12.1 Å². The molecule has 2 aliphatic rings. The van der Waals surface area contributed by atoms with Gasteiger partial charge >= 0.3 is 5.97 Å². The van der Waals surface area contributed by atoms with Gasteiger partial charge in [0.2, 0.25) is 5.91 Å². The molecule has 3 heterocycles. The number of H-pyrrole nitrogens is 1. The molecule has 0 radical (unpaired) electrons. The average molecular weight is 418 g/mol. The molecule has 2 aliphatic heterocycles. The lowest BCUT2D eigenvalue weighted by Gasteiger charge is -2.37. The molecule has 2 atom stereocenters. The summed E-state index contributed by atoms with van der Waals surface area (Å²) in [5.41, 5.74) is 1.21. The van der Waals surface area contributed by atoms with Crippen molar-refractivity contribution < 1.29 is 23.8 Å². The summed E-state index contributed by atoms with van der Waals surface area (Å²) in [4.78, 5) is 31.2. The third-order valence-electron chi connectivity index (χ3n) is 5.89. The van der Waals surface area contributed by atoms with Crippen LogP contribution in [0.2, 0.25) is 0 Å². The Kier molecular flexibility index (Phi) is 6.31. The number of halogens is 1. The Hall–Kier alpha value is -2.49. The lowest BCUT2D eigenvalue weighted by Crippen LogP contribution is -2.51. The van der Waals surface area contributed by atoms with Crippen LogP contribution in [0.15, 0.2) is 24.4 Å². The molecule has 0 aliphatic carbocycles. The molecule has 1 amide bonds. The van der Waals surface area contributed by atoms with E-state index in [2.05, 4.69) is 10.3 Å². The standard InChI is InChI=1S/C21H27FN4O4/c22-14-3-4-16-17(12-23-18(16)10-14)20(21(28)29)26-7-5-25(6-8-26)13-19(27)24-11-15-2-1-9-30-15/h3-4,10,12,15,20,23H,1-2,5-9,11,13H2,(H,24,27)(H,28,29)/t15-,20-/m1/s1. The summed E-state index contributed by atoms with van der Waals surface area (Å²) in [7, 11) is 0. The number of benzene rings is 1. The number of nitrogens with zero attached hydrogens (tertiary/aromatic N) is 2. The average Bonchev–Trinajstić information content (AvgIpc) is 3.38. The number of aromatic amines is 1. The van der Waals surface area contributed by atoms with Gasteiger partial charge in [0.15, 0.2) is 0 Å². The predicted molar refractivity (Wildman–Crippen MR) is 109 cm³/mol. The number of rotatable bonds is 7. The first-order valence-electron chi connectivity index (χ1n) is 10.4. The highest BCUT2D eigenvalue weighted by Crippen LogP contribution is 2.30. The smallest absolute Gasteiger partial charge is 0.325 e. The number of amides is 1. The van der Waals surface area contributed by atoms with Crippen LogP contribution >= 0.6 is 0 Å². The Morgan fingerprint density at radius 1 is 1.30 bits per heavy atom. The lowest BCUT2D eigenvalue weighted by molar-refractivity contribution is -0.144. The summed E-state index contributed by atoms with van der Waals surface area (Å²) in [5.74, 6) is -1.34. The number of aromatic nitrogens is 1. The van der Waals surface area contributed by atoms with Crippen molar-refractivity contribution in [3.63, 3.8) is 0 Å². The highest BCUT2D eigenvalue weighted by Gasteiger charge is 2.32. The molecule has 30 heavy (non-hydrogen) atoms. The largest absolute Gasteiger partial charge is 0.480 e. The van der Waals surface area contributed by atoms with Crippen LogP contribution in [0.5, 0.6) is 0 Å². The van der Waals surface area contributed by atoms with E-state index < -0.39 is 12.0 Å². The highest BCUT2D eigenvalue weighted by atomic mass is 19.1. The van der Waals surface area contributed by atoms with E-state index in [-0.39, 0.29) is 17.8 Å². The van der Waals surface area contributed by atoms with Gasteiger partial charge in [0.25, 0.3) is 0 Å². The predicted octanol–water partition coefficient (Wildman–Crippen LogP) is 1.35. The maximum absolute atomic E-state index is 13.5. The Morgan fingerprint density at radius 2 is 2.10 bits per heavy atom. The summed E-state index contributed by atoms with van der Waals surface area (Å²) in [6.45, 7) is 3.88. The van der Waals surface area contributed by atoms with Crippen LogP contribution in [0.1, 0.15) is 24.4 Å². The zero-order valence-corrected chi connectivity index (χ0v) is 16.8. The summed E-state index contributed by atoms with van der Waals surface area (Å²) in [5, 5.41) is 13.5. The fraction of sp³-hybridized carbons (Fsp3) is 0.524. The van der Waals surface area contributed by atoms with Crippen molar-refractivity contribution in [2.24, 2.45) is 0 Å². The molecule has 2 saturated heterocycles. The molecule has 3 N–H and O–H groups in total. The minimum atomic E-state index is -0.942. The molecule has 1 aromatic heterocycles. The highest BCUT2D eigenvalue weighted by molar-refractivity contribution is 5.89. The van der Waals surface area contributed by atoms with E-state index in [9.17, 15) is 19.1 Å². The van der Waals surface area contributed by atoms with Crippen molar-refractivity contribution in [2.75, 3.05) is 45.9 Å². The molecule has 0 saturated carbocycles. The fourth-order valence-electron chi connectivity index (χ4n) is 4.30. The second-order valence-corrected chi connectivity index (χ2v) is 7.93. The van der Waals surface area contributed by atoms with Crippen molar-refractivity contribution in [3.05, 3.63) is 35.8 Å². The Bertz CT molecular complexity index is 904. The molecule has 1 aromatic carbocycles. The number of aliphatic carboxylic acids is 1. The van der Waals surface area contributed by atoms with Crippen molar-refractivity contribution in [1.29, 1.82) is 0 Å². The third-order valence-corrected chi connectivity index (χ3v) is 5.89. The minimum absolute atomic E-state index is 0.0348. The van der Waals surface area contributed by atoms with Gasteiger partial charge in [0, 0.05) is 62.0 Å². The maximum Gasteiger partial charge on any atom is 0.325 e. The van der Waals surface area contributed by atoms with Gasteiger partial charge in [-0.2, -0.15) is 0 Å². The molecular formula is C21H27FN4O4. The molecule has 2 aromatic rings. The van der Waals surface area contributed by atoms with Crippen LogP contribution in [0.4, 0.5) is 4.39 Å². The maximum atomic E-state index is 13.5. The number of piperazine rings is 1. The molecule has 9 heteroatoms. The van der Waals surface area contributed by atoms with E-state index in [4.69, 9.17) is 4.74 Å². The molecule has 8 nitrogen and oxygen atoms in total. The van der Waals surface area contributed by atoms with E-state index in [1.807, 2.05) is 9.80 Å². The van der Waals surface area contributed by atoms with E-state index in [1.54, 1.807) is 12.3 Å². The minimum Gasteiger partial charge on any atom is -0.480 e. The van der Waals surface area contributed by atoms with Crippen LogP contribution in [0, 0.1) is 5.82 Å². The Morgan fingerprint density at radius 3 is 2.80 bits per heavy atom.